The summed E-state index contributed by atoms with van der Waals surface area (Å²) in [5.41, 5.74) is 12.4. The Bertz CT molecular complexity index is 752. The molecule has 0 saturated heterocycles. The maximum Gasteiger partial charge on any atom is 0.222 e. The van der Waals surface area contributed by atoms with Gasteiger partial charge in [-0.3, -0.25) is 0 Å². The van der Waals surface area contributed by atoms with Gasteiger partial charge in [-0.1, -0.05) is 18.7 Å². The molecular formula is C15H15N5O2. The lowest BCUT2D eigenvalue weighted by molar-refractivity contribution is 0.328. The van der Waals surface area contributed by atoms with Crippen molar-refractivity contribution in [3.05, 3.63) is 36.4 Å². The van der Waals surface area contributed by atoms with Gasteiger partial charge in [0.15, 0.2) is 11.5 Å². The molecule has 0 aliphatic heterocycles. The van der Waals surface area contributed by atoms with Gasteiger partial charge in [0.05, 0.1) is 12.8 Å². The van der Waals surface area contributed by atoms with E-state index in [0.29, 0.717) is 22.8 Å². The van der Waals surface area contributed by atoms with Crippen LogP contribution >= 0.6 is 0 Å². The van der Waals surface area contributed by atoms with Gasteiger partial charge in [-0.25, -0.2) is 4.98 Å². The highest BCUT2D eigenvalue weighted by Gasteiger charge is 2.19. The number of anilines is 2. The van der Waals surface area contributed by atoms with Gasteiger partial charge in [-0.05, 0) is 12.1 Å². The Labute approximate surface area is 127 Å². The molecule has 0 aliphatic rings. The number of benzene rings is 1. The van der Waals surface area contributed by atoms with Crippen LogP contribution in [0.3, 0.4) is 0 Å². The number of nitrogen functional groups attached to an aromatic ring is 2. The lowest BCUT2D eigenvalue weighted by Crippen LogP contribution is -2.06. The normalized spacial score (nSPS) is 9.82. The van der Waals surface area contributed by atoms with Crippen LogP contribution in [-0.2, 0) is 0 Å². The zero-order valence-electron chi connectivity index (χ0n) is 12.0. The minimum atomic E-state index is -0.0241. The van der Waals surface area contributed by atoms with Crippen molar-refractivity contribution in [2.45, 2.75) is 0 Å². The molecule has 0 saturated carbocycles. The molecule has 0 unspecified atom stereocenters. The van der Waals surface area contributed by atoms with Crippen LogP contribution in [0.1, 0.15) is 5.56 Å². The van der Waals surface area contributed by atoms with Crippen molar-refractivity contribution in [3.8, 4) is 28.8 Å². The van der Waals surface area contributed by atoms with E-state index in [1.165, 1.54) is 7.11 Å². The van der Waals surface area contributed by atoms with Gasteiger partial charge in [-0.15, -0.1) is 0 Å². The van der Waals surface area contributed by atoms with E-state index < -0.39 is 0 Å². The third kappa shape index (κ3) is 2.76. The second-order valence-electron chi connectivity index (χ2n) is 4.24. The standard InChI is InChI=1S/C15H15N5O2/c1-3-7-22-13-9(5-4-6-11(13)21-2)12-10(8-16)14(17)20-15(18)19-12/h3-6H,1,7H2,2H3,(H4,17,18,19,20). The first kappa shape index (κ1) is 15.1. The number of ether oxygens (including phenoxy) is 2. The second kappa shape index (κ2) is 6.45. The smallest absolute Gasteiger partial charge is 0.222 e. The van der Waals surface area contributed by atoms with Gasteiger partial charge in [0, 0.05) is 5.56 Å². The molecule has 0 aliphatic carbocycles. The van der Waals surface area contributed by atoms with Crippen LogP contribution in [-0.4, -0.2) is 23.7 Å². The summed E-state index contributed by atoms with van der Waals surface area (Å²) in [5, 5.41) is 9.31. The first-order valence-electron chi connectivity index (χ1n) is 6.36. The predicted octanol–water partition coefficient (Wildman–Crippen LogP) is 1.75. The summed E-state index contributed by atoms with van der Waals surface area (Å²) in [6.45, 7) is 3.88. The fourth-order valence-electron chi connectivity index (χ4n) is 1.96. The first-order chi connectivity index (χ1) is 10.6. The zero-order chi connectivity index (χ0) is 16.1. The minimum Gasteiger partial charge on any atom is -0.493 e. The van der Waals surface area contributed by atoms with Crippen molar-refractivity contribution in [1.29, 1.82) is 5.26 Å². The van der Waals surface area contributed by atoms with E-state index in [4.69, 9.17) is 20.9 Å². The third-order valence-electron chi connectivity index (χ3n) is 2.87. The quantitative estimate of drug-likeness (QED) is 0.806. The van der Waals surface area contributed by atoms with Gasteiger partial charge in [0.25, 0.3) is 0 Å². The van der Waals surface area contributed by atoms with Crippen molar-refractivity contribution >= 4 is 11.8 Å². The SMILES string of the molecule is C=CCOc1c(OC)cccc1-c1nc(N)nc(N)c1C#N. The molecule has 0 fully saturated rings. The number of para-hydroxylation sites is 1. The predicted molar refractivity (Wildman–Crippen MR) is 83.3 cm³/mol. The van der Waals surface area contributed by atoms with E-state index in [1.807, 2.05) is 6.07 Å². The van der Waals surface area contributed by atoms with E-state index in [2.05, 4.69) is 16.5 Å². The van der Waals surface area contributed by atoms with Crippen molar-refractivity contribution in [2.24, 2.45) is 0 Å². The number of nitriles is 1. The molecule has 7 heteroatoms. The topological polar surface area (TPSA) is 120 Å². The molecule has 0 radical (unpaired) electrons. The second-order valence-corrected chi connectivity index (χ2v) is 4.24. The van der Waals surface area contributed by atoms with Crippen LogP contribution in [0.2, 0.25) is 0 Å². The van der Waals surface area contributed by atoms with Crippen LogP contribution in [0.15, 0.2) is 30.9 Å². The van der Waals surface area contributed by atoms with Gasteiger partial charge >= 0.3 is 0 Å². The monoisotopic (exact) mass is 297 g/mol. The third-order valence-corrected chi connectivity index (χ3v) is 2.87. The molecule has 112 valence electrons. The molecule has 2 aromatic rings. The molecule has 0 amide bonds. The highest BCUT2D eigenvalue weighted by atomic mass is 16.5. The Kier molecular flexibility index (Phi) is 4.44. The number of hydrogen-bond donors (Lipinski definition) is 2. The number of methoxy groups -OCH3 is 1. The van der Waals surface area contributed by atoms with Gasteiger partial charge in [0.1, 0.15) is 24.1 Å². The summed E-state index contributed by atoms with van der Waals surface area (Å²) in [7, 11) is 1.52. The van der Waals surface area contributed by atoms with Gasteiger partial charge in [-0.2, -0.15) is 10.2 Å². The summed E-state index contributed by atoms with van der Waals surface area (Å²) >= 11 is 0. The van der Waals surface area contributed by atoms with Gasteiger partial charge < -0.3 is 20.9 Å². The highest BCUT2D eigenvalue weighted by Crippen LogP contribution is 2.39. The highest BCUT2D eigenvalue weighted by molar-refractivity contribution is 5.79. The zero-order valence-corrected chi connectivity index (χ0v) is 12.0. The summed E-state index contributed by atoms with van der Waals surface area (Å²) in [6.07, 6.45) is 1.60. The average molecular weight is 297 g/mol. The van der Waals surface area contributed by atoms with E-state index in [1.54, 1.807) is 24.3 Å². The van der Waals surface area contributed by atoms with Crippen LogP contribution in [0, 0.1) is 11.3 Å². The van der Waals surface area contributed by atoms with E-state index in [9.17, 15) is 5.26 Å². The Morgan fingerprint density at radius 1 is 1.36 bits per heavy atom. The van der Waals surface area contributed by atoms with Crippen molar-refractivity contribution < 1.29 is 9.47 Å². The summed E-state index contributed by atoms with van der Waals surface area (Å²) < 4.78 is 10.9. The summed E-state index contributed by atoms with van der Waals surface area (Å²) in [4.78, 5) is 7.92. The average Bonchev–Trinajstić information content (AvgIpc) is 2.51. The first-order valence-corrected chi connectivity index (χ1v) is 6.36. The number of rotatable bonds is 5. The number of nitrogens with two attached hydrogens (primary N) is 2. The van der Waals surface area contributed by atoms with Crippen LogP contribution in [0.5, 0.6) is 11.5 Å². The maximum atomic E-state index is 9.31. The van der Waals surface area contributed by atoms with Crippen LogP contribution < -0.4 is 20.9 Å². The molecule has 1 aromatic heterocycles. The molecule has 4 N–H and O–H groups in total. The number of nitrogens with zero attached hydrogens (tertiary/aromatic N) is 3. The lowest BCUT2D eigenvalue weighted by atomic mass is 10.1. The van der Waals surface area contributed by atoms with Crippen molar-refractivity contribution in [3.63, 3.8) is 0 Å². The number of aromatic nitrogens is 2. The van der Waals surface area contributed by atoms with E-state index in [-0.39, 0.29) is 23.9 Å². The Morgan fingerprint density at radius 2 is 2.14 bits per heavy atom. The lowest BCUT2D eigenvalue weighted by Gasteiger charge is -2.15. The van der Waals surface area contributed by atoms with Gasteiger partial charge in [0.2, 0.25) is 5.95 Å². The van der Waals surface area contributed by atoms with Crippen molar-refractivity contribution in [2.75, 3.05) is 25.2 Å². The Morgan fingerprint density at radius 3 is 2.77 bits per heavy atom. The molecular weight excluding hydrogens is 282 g/mol. The Balaban J connectivity index is 2.72. The Hall–Kier alpha value is -3.27. The number of hydrogen-bond acceptors (Lipinski definition) is 7. The minimum absolute atomic E-state index is 0.0162. The van der Waals surface area contributed by atoms with Crippen molar-refractivity contribution in [1.82, 2.24) is 9.97 Å². The molecule has 2 rings (SSSR count). The van der Waals surface area contributed by atoms with Crippen LogP contribution in [0.25, 0.3) is 11.3 Å². The molecule has 0 atom stereocenters. The summed E-state index contributed by atoms with van der Waals surface area (Å²) in [6, 6.07) is 7.22. The molecule has 7 nitrogen and oxygen atoms in total. The molecule has 1 heterocycles. The van der Waals surface area contributed by atoms with E-state index in [0.717, 1.165) is 0 Å². The molecule has 1 aromatic carbocycles. The fourth-order valence-corrected chi connectivity index (χ4v) is 1.96. The fraction of sp³-hybridized carbons (Fsp3) is 0.133. The van der Waals surface area contributed by atoms with E-state index >= 15 is 0 Å². The summed E-state index contributed by atoms with van der Waals surface area (Å²) in [5.74, 6) is 0.921. The maximum absolute atomic E-state index is 9.31. The molecule has 0 bridgehead atoms. The molecule has 0 spiro atoms. The largest absolute Gasteiger partial charge is 0.493 e. The molecule has 22 heavy (non-hydrogen) atoms. The van der Waals surface area contributed by atoms with Crippen LogP contribution in [0.4, 0.5) is 11.8 Å².